The summed E-state index contributed by atoms with van der Waals surface area (Å²) < 4.78 is 34.8. The Bertz CT molecular complexity index is 1530. The van der Waals surface area contributed by atoms with E-state index in [1.54, 1.807) is 17.4 Å². The van der Waals surface area contributed by atoms with Crippen molar-refractivity contribution < 1.29 is 23.1 Å². The standard InChI is InChI=1S/C29H31F2N7O3S/c1-36(2)14-20-21-15-37(25-12-13-26(40-3)34-33-25)17-38(16-22-23(30)6-5-7-24(22)31)28(21)42-27(20)18-8-10-19(11-9-18)32-29(39)35-41-4/h5-13H,14-17H2,1-4H3,(H2,32,35,39). The number of aromatic nitrogens is 2. The maximum Gasteiger partial charge on any atom is 0.343 e. The van der Waals surface area contributed by atoms with E-state index >= 15 is 0 Å². The van der Waals surface area contributed by atoms with E-state index in [1.807, 2.05) is 54.2 Å². The van der Waals surface area contributed by atoms with Gasteiger partial charge in [0.15, 0.2) is 5.82 Å². The van der Waals surface area contributed by atoms with Gasteiger partial charge < -0.3 is 24.8 Å². The topological polar surface area (TPSA) is 95.1 Å². The molecular formula is C29H31F2N7O3S. The summed E-state index contributed by atoms with van der Waals surface area (Å²) in [7, 11) is 6.88. The summed E-state index contributed by atoms with van der Waals surface area (Å²) in [5.41, 5.74) is 5.93. The van der Waals surface area contributed by atoms with Crippen molar-refractivity contribution in [1.29, 1.82) is 0 Å². The third-order valence-electron chi connectivity index (χ3n) is 6.72. The average Bonchev–Trinajstić information content (AvgIpc) is 3.33. The first-order valence-electron chi connectivity index (χ1n) is 13.1. The highest BCUT2D eigenvalue weighted by molar-refractivity contribution is 7.19. The van der Waals surface area contributed by atoms with Crippen molar-refractivity contribution in [1.82, 2.24) is 20.6 Å². The lowest BCUT2D eigenvalue weighted by Crippen LogP contribution is -2.42. The molecule has 0 spiro atoms. The molecule has 0 atom stereocenters. The van der Waals surface area contributed by atoms with E-state index in [4.69, 9.17) is 4.74 Å². The van der Waals surface area contributed by atoms with Gasteiger partial charge in [0.05, 0.1) is 32.4 Å². The highest BCUT2D eigenvalue weighted by Crippen LogP contribution is 2.46. The number of hydroxylamine groups is 1. The Morgan fingerprint density at radius 1 is 1.02 bits per heavy atom. The van der Waals surface area contributed by atoms with E-state index in [-0.39, 0.29) is 12.1 Å². The third-order valence-corrected chi connectivity index (χ3v) is 8.10. The first-order valence-corrected chi connectivity index (χ1v) is 13.9. The number of urea groups is 1. The van der Waals surface area contributed by atoms with Crippen molar-refractivity contribution in [3.63, 3.8) is 0 Å². The normalized spacial score (nSPS) is 12.8. The molecule has 42 heavy (non-hydrogen) atoms. The van der Waals surface area contributed by atoms with Gasteiger partial charge in [-0.25, -0.2) is 19.1 Å². The molecule has 2 aromatic carbocycles. The van der Waals surface area contributed by atoms with Crippen molar-refractivity contribution in [2.75, 3.05) is 50.1 Å². The quantitative estimate of drug-likeness (QED) is 0.255. The average molecular weight is 596 g/mol. The van der Waals surface area contributed by atoms with Gasteiger partial charge in [-0.1, -0.05) is 18.2 Å². The zero-order chi connectivity index (χ0) is 29.8. The number of nitrogens with zero attached hydrogens (tertiary/aromatic N) is 5. The number of carbonyl (C=O) groups excluding carboxylic acids is 1. The van der Waals surface area contributed by atoms with E-state index in [2.05, 4.69) is 30.7 Å². The number of anilines is 3. The number of hydrogen-bond acceptors (Lipinski definition) is 9. The molecular weight excluding hydrogens is 564 g/mol. The summed E-state index contributed by atoms with van der Waals surface area (Å²) in [4.78, 5) is 23.6. The molecule has 1 aliphatic heterocycles. The Balaban J connectivity index is 1.58. The third kappa shape index (κ3) is 6.27. The van der Waals surface area contributed by atoms with Crippen LogP contribution in [0.4, 0.5) is 30.1 Å². The highest BCUT2D eigenvalue weighted by Gasteiger charge is 2.32. The van der Waals surface area contributed by atoms with Gasteiger partial charge >= 0.3 is 6.03 Å². The maximum atomic E-state index is 14.8. The lowest BCUT2D eigenvalue weighted by atomic mass is 10.0. The number of hydrogen-bond donors (Lipinski definition) is 2. The first-order chi connectivity index (χ1) is 20.3. The van der Waals surface area contributed by atoms with Crippen LogP contribution in [-0.4, -0.2) is 56.1 Å². The molecule has 3 heterocycles. The largest absolute Gasteiger partial charge is 0.480 e. The van der Waals surface area contributed by atoms with Gasteiger partial charge in [-0.3, -0.25) is 4.84 Å². The Morgan fingerprint density at radius 3 is 2.38 bits per heavy atom. The van der Waals surface area contributed by atoms with Gasteiger partial charge in [0.2, 0.25) is 5.88 Å². The predicted molar refractivity (Wildman–Crippen MR) is 158 cm³/mol. The molecule has 0 radical (unpaired) electrons. The second-order valence-electron chi connectivity index (χ2n) is 9.94. The van der Waals surface area contributed by atoms with Gasteiger partial charge in [-0.2, -0.15) is 0 Å². The molecule has 1 aliphatic rings. The van der Waals surface area contributed by atoms with E-state index in [0.717, 1.165) is 26.6 Å². The molecule has 2 aromatic heterocycles. The van der Waals surface area contributed by atoms with Crippen LogP contribution in [0.15, 0.2) is 54.6 Å². The second kappa shape index (κ2) is 12.7. The predicted octanol–water partition coefficient (Wildman–Crippen LogP) is 5.22. The number of rotatable bonds is 9. The number of thiophene rings is 1. The van der Waals surface area contributed by atoms with Crippen LogP contribution in [0, 0.1) is 11.6 Å². The van der Waals surface area contributed by atoms with Gasteiger partial charge in [0, 0.05) is 40.8 Å². The zero-order valence-electron chi connectivity index (χ0n) is 23.6. The summed E-state index contributed by atoms with van der Waals surface area (Å²) in [6.07, 6.45) is 0. The van der Waals surface area contributed by atoms with E-state index in [1.165, 1.54) is 32.4 Å². The molecule has 2 N–H and O–H groups in total. The summed E-state index contributed by atoms with van der Waals surface area (Å²) in [5, 5.41) is 12.1. The van der Waals surface area contributed by atoms with Crippen LogP contribution in [0.25, 0.3) is 10.4 Å². The van der Waals surface area contributed by atoms with Crippen LogP contribution in [0.2, 0.25) is 0 Å². The minimum atomic E-state index is -0.594. The maximum absolute atomic E-state index is 14.8. The van der Waals surface area contributed by atoms with Crippen LogP contribution in [0.5, 0.6) is 5.88 Å². The number of benzene rings is 2. The lowest BCUT2D eigenvalue weighted by molar-refractivity contribution is 0.114. The molecule has 4 aromatic rings. The molecule has 0 unspecified atom stereocenters. The summed E-state index contributed by atoms with van der Waals surface area (Å²) in [5.74, 6) is -0.174. The van der Waals surface area contributed by atoms with Crippen LogP contribution in [-0.2, 0) is 24.5 Å². The minimum absolute atomic E-state index is 0.0000116. The second-order valence-corrected chi connectivity index (χ2v) is 10.9. The number of amides is 2. The molecule has 0 saturated heterocycles. The Hall–Kier alpha value is -4.33. The fourth-order valence-electron chi connectivity index (χ4n) is 4.83. The molecule has 2 amide bonds. The Morgan fingerprint density at radius 2 is 1.76 bits per heavy atom. The summed E-state index contributed by atoms with van der Waals surface area (Å²) >= 11 is 1.58. The molecule has 5 rings (SSSR count). The molecule has 220 valence electrons. The minimum Gasteiger partial charge on any atom is -0.480 e. The fraction of sp³-hybridized carbons (Fsp3) is 0.276. The molecule has 0 saturated carbocycles. The number of nitrogens with one attached hydrogen (secondary N) is 2. The molecule has 0 fully saturated rings. The molecule has 10 nitrogen and oxygen atoms in total. The lowest BCUT2D eigenvalue weighted by Gasteiger charge is -2.37. The SMILES string of the molecule is CONC(=O)Nc1ccc(-c2sc3c(c2CN(C)C)CN(c2ccc(OC)nn2)CN3Cc2c(F)cccc2F)cc1. The van der Waals surface area contributed by atoms with E-state index in [9.17, 15) is 13.6 Å². The summed E-state index contributed by atoms with van der Waals surface area (Å²) in [6.45, 7) is 1.55. The molecule has 0 bridgehead atoms. The van der Waals surface area contributed by atoms with Crippen molar-refractivity contribution in [3.8, 4) is 16.3 Å². The first kappa shape index (κ1) is 29.2. The van der Waals surface area contributed by atoms with Crippen LogP contribution >= 0.6 is 11.3 Å². The summed E-state index contributed by atoms with van der Waals surface area (Å²) in [6, 6.07) is 14.5. The number of methoxy groups -OCH3 is 1. The number of halogens is 2. The van der Waals surface area contributed by atoms with Gasteiger partial charge in [0.1, 0.15) is 11.6 Å². The van der Waals surface area contributed by atoms with Crippen LogP contribution < -0.4 is 25.3 Å². The highest BCUT2D eigenvalue weighted by atomic mass is 32.1. The van der Waals surface area contributed by atoms with Crippen molar-refractivity contribution in [2.45, 2.75) is 19.6 Å². The zero-order valence-corrected chi connectivity index (χ0v) is 24.5. The van der Waals surface area contributed by atoms with Gasteiger partial charge in [-0.15, -0.1) is 21.5 Å². The van der Waals surface area contributed by atoms with Crippen LogP contribution in [0.1, 0.15) is 16.7 Å². The molecule has 13 heteroatoms. The number of carbonyl (C=O) groups is 1. The Kier molecular flexibility index (Phi) is 8.80. The number of ether oxygens (including phenoxy) is 1. The van der Waals surface area contributed by atoms with Crippen LogP contribution in [0.3, 0.4) is 0 Å². The van der Waals surface area contributed by atoms with Crippen molar-refractivity contribution >= 4 is 33.9 Å². The van der Waals surface area contributed by atoms with E-state index in [0.29, 0.717) is 37.1 Å². The van der Waals surface area contributed by atoms with Gasteiger partial charge in [0.25, 0.3) is 0 Å². The Labute approximate surface area is 246 Å². The molecule has 0 aliphatic carbocycles. The fourth-order valence-corrected chi connectivity index (χ4v) is 6.15. The van der Waals surface area contributed by atoms with E-state index < -0.39 is 17.7 Å². The van der Waals surface area contributed by atoms with Crippen molar-refractivity contribution in [2.24, 2.45) is 0 Å². The smallest absolute Gasteiger partial charge is 0.343 e. The van der Waals surface area contributed by atoms with Gasteiger partial charge in [-0.05, 0) is 55.6 Å². The van der Waals surface area contributed by atoms with Crippen molar-refractivity contribution in [3.05, 3.63) is 82.9 Å². The number of fused-ring (bicyclic) bond motifs is 1. The monoisotopic (exact) mass is 595 g/mol.